The van der Waals surface area contributed by atoms with Crippen LogP contribution >= 0.6 is 23.4 Å². The molecule has 0 saturated heterocycles. The first kappa shape index (κ1) is 21.9. The first-order chi connectivity index (χ1) is 15.5. The Morgan fingerprint density at radius 3 is 2.53 bits per heavy atom. The van der Waals surface area contributed by atoms with Gasteiger partial charge in [0.15, 0.2) is 11.0 Å². The number of amides is 1. The number of benzene rings is 3. The second kappa shape index (κ2) is 9.89. The van der Waals surface area contributed by atoms with Gasteiger partial charge in [0.1, 0.15) is 5.75 Å². The number of aryl methyl sites for hydroxylation is 1. The highest BCUT2D eigenvalue weighted by molar-refractivity contribution is 7.99. The van der Waals surface area contributed by atoms with E-state index in [0.29, 0.717) is 16.0 Å². The fraction of sp³-hybridized carbons (Fsp3) is 0.125. The second-order valence-corrected chi connectivity index (χ2v) is 8.43. The average Bonchev–Trinajstić information content (AvgIpc) is 3.24. The Morgan fingerprint density at radius 2 is 1.81 bits per heavy atom. The quantitative estimate of drug-likeness (QED) is 0.359. The topological polar surface area (TPSA) is 69.0 Å². The Balaban J connectivity index is 1.61. The van der Waals surface area contributed by atoms with Crippen molar-refractivity contribution in [3.63, 3.8) is 0 Å². The molecule has 0 aliphatic carbocycles. The van der Waals surface area contributed by atoms with E-state index in [0.717, 1.165) is 28.3 Å². The normalized spacial score (nSPS) is 10.7. The van der Waals surface area contributed by atoms with Crippen LogP contribution in [-0.2, 0) is 4.79 Å². The molecular formula is C24H21ClN4O2S. The van der Waals surface area contributed by atoms with E-state index < -0.39 is 0 Å². The van der Waals surface area contributed by atoms with Crippen molar-refractivity contribution >= 4 is 35.0 Å². The maximum Gasteiger partial charge on any atom is 0.234 e. The Kier molecular flexibility index (Phi) is 6.78. The molecule has 1 aromatic heterocycles. The number of methoxy groups -OCH3 is 1. The summed E-state index contributed by atoms with van der Waals surface area (Å²) in [5.41, 5.74) is 3.59. The minimum Gasteiger partial charge on any atom is -0.497 e. The van der Waals surface area contributed by atoms with Gasteiger partial charge >= 0.3 is 0 Å². The van der Waals surface area contributed by atoms with Crippen molar-refractivity contribution < 1.29 is 9.53 Å². The number of hydrogen-bond acceptors (Lipinski definition) is 5. The minimum atomic E-state index is -0.118. The van der Waals surface area contributed by atoms with E-state index >= 15 is 0 Å². The molecule has 8 heteroatoms. The molecule has 0 aliphatic heterocycles. The summed E-state index contributed by atoms with van der Waals surface area (Å²) in [6, 6.07) is 22.7. The number of nitrogens with one attached hydrogen (secondary N) is 1. The number of anilines is 1. The lowest BCUT2D eigenvalue weighted by atomic mass is 10.2. The number of carbonyl (C=O) groups is 1. The van der Waals surface area contributed by atoms with Gasteiger partial charge in [0.25, 0.3) is 0 Å². The molecule has 1 heterocycles. The molecule has 0 fully saturated rings. The Hall–Kier alpha value is -3.29. The molecule has 32 heavy (non-hydrogen) atoms. The van der Waals surface area contributed by atoms with Crippen LogP contribution in [0.2, 0.25) is 5.02 Å². The summed E-state index contributed by atoms with van der Waals surface area (Å²) in [4.78, 5) is 12.5. The summed E-state index contributed by atoms with van der Waals surface area (Å²) in [5.74, 6) is 1.44. The second-order valence-electron chi connectivity index (χ2n) is 7.05. The molecule has 0 unspecified atom stereocenters. The summed E-state index contributed by atoms with van der Waals surface area (Å²) in [7, 11) is 1.62. The first-order valence-electron chi connectivity index (χ1n) is 9.88. The van der Waals surface area contributed by atoms with Crippen molar-refractivity contribution in [2.24, 2.45) is 0 Å². The molecule has 0 bridgehead atoms. The lowest BCUT2D eigenvalue weighted by Crippen LogP contribution is -2.14. The number of ether oxygens (including phenoxy) is 1. The summed E-state index contributed by atoms with van der Waals surface area (Å²) in [6.45, 7) is 2.00. The number of aromatic nitrogens is 3. The van der Waals surface area contributed by atoms with Crippen LogP contribution in [0.4, 0.5) is 5.69 Å². The third-order valence-corrected chi connectivity index (χ3v) is 5.89. The number of rotatable bonds is 7. The molecule has 1 N–H and O–H groups in total. The van der Waals surface area contributed by atoms with Crippen LogP contribution in [0.15, 0.2) is 78.0 Å². The van der Waals surface area contributed by atoms with Crippen molar-refractivity contribution in [3.8, 4) is 22.8 Å². The molecule has 4 rings (SSSR count). The molecule has 0 spiro atoms. The maximum atomic E-state index is 12.5. The third kappa shape index (κ3) is 5.12. The van der Waals surface area contributed by atoms with Crippen LogP contribution in [0.25, 0.3) is 17.1 Å². The molecule has 6 nitrogen and oxygen atoms in total. The van der Waals surface area contributed by atoms with E-state index in [9.17, 15) is 4.79 Å². The van der Waals surface area contributed by atoms with Crippen molar-refractivity contribution in [2.75, 3.05) is 18.2 Å². The van der Waals surface area contributed by atoms with Gasteiger partial charge in [-0.05, 0) is 55.5 Å². The van der Waals surface area contributed by atoms with Gasteiger partial charge in [-0.2, -0.15) is 0 Å². The van der Waals surface area contributed by atoms with Gasteiger partial charge in [0.05, 0.1) is 12.9 Å². The zero-order valence-electron chi connectivity index (χ0n) is 17.6. The number of hydrogen-bond donors (Lipinski definition) is 1. The number of carbonyl (C=O) groups excluding carboxylic acids is 1. The average molecular weight is 465 g/mol. The number of nitrogens with zero attached hydrogens (tertiary/aromatic N) is 3. The Morgan fingerprint density at radius 1 is 1.06 bits per heavy atom. The smallest absolute Gasteiger partial charge is 0.234 e. The standard InChI is InChI=1S/C24H21ClN4O2S/c1-16-6-10-19(11-7-16)26-22(30)15-32-24-28-27-23(17-4-3-5-21(14-17)31-2)29(24)20-12-8-18(25)9-13-20/h3-14H,15H2,1-2H3,(H,26,30). The molecular weight excluding hydrogens is 444 g/mol. The van der Waals surface area contributed by atoms with Crippen LogP contribution in [0.1, 0.15) is 5.56 Å². The van der Waals surface area contributed by atoms with Gasteiger partial charge in [-0.1, -0.05) is 53.2 Å². The van der Waals surface area contributed by atoms with Crippen LogP contribution in [0.5, 0.6) is 5.75 Å². The van der Waals surface area contributed by atoms with E-state index in [2.05, 4.69) is 15.5 Å². The van der Waals surface area contributed by atoms with Crippen molar-refractivity contribution in [1.29, 1.82) is 0 Å². The van der Waals surface area contributed by atoms with Gasteiger partial charge in [-0.25, -0.2) is 0 Å². The molecule has 0 radical (unpaired) electrons. The van der Waals surface area contributed by atoms with Crippen molar-refractivity contribution in [3.05, 3.63) is 83.4 Å². The Bertz CT molecular complexity index is 1220. The summed E-state index contributed by atoms with van der Waals surface area (Å²) < 4.78 is 7.27. The lowest BCUT2D eigenvalue weighted by molar-refractivity contribution is -0.113. The van der Waals surface area contributed by atoms with Gasteiger partial charge in [-0.15, -0.1) is 10.2 Å². The monoisotopic (exact) mass is 464 g/mol. The molecule has 3 aromatic carbocycles. The fourth-order valence-electron chi connectivity index (χ4n) is 3.10. The third-order valence-electron chi connectivity index (χ3n) is 4.71. The predicted octanol–water partition coefficient (Wildman–Crippen LogP) is 5.64. The zero-order chi connectivity index (χ0) is 22.5. The van der Waals surface area contributed by atoms with Crippen molar-refractivity contribution in [1.82, 2.24) is 14.8 Å². The van der Waals surface area contributed by atoms with Gasteiger partial charge in [0, 0.05) is 22.0 Å². The van der Waals surface area contributed by atoms with Crippen molar-refractivity contribution in [2.45, 2.75) is 12.1 Å². The Labute approximate surface area is 195 Å². The number of halogens is 1. The van der Waals surface area contributed by atoms with E-state index in [1.54, 1.807) is 7.11 Å². The fourth-order valence-corrected chi connectivity index (χ4v) is 3.98. The van der Waals surface area contributed by atoms with Crippen LogP contribution in [0, 0.1) is 6.92 Å². The zero-order valence-corrected chi connectivity index (χ0v) is 19.2. The molecule has 0 aliphatic rings. The SMILES string of the molecule is COc1cccc(-c2nnc(SCC(=O)Nc3ccc(C)cc3)n2-c2ccc(Cl)cc2)c1. The highest BCUT2D eigenvalue weighted by Crippen LogP contribution is 2.30. The van der Waals surface area contributed by atoms with Gasteiger partial charge in [0.2, 0.25) is 5.91 Å². The predicted molar refractivity (Wildman–Crippen MR) is 129 cm³/mol. The highest BCUT2D eigenvalue weighted by atomic mass is 35.5. The van der Waals surface area contributed by atoms with E-state index in [-0.39, 0.29) is 11.7 Å². The summed E-state index contributed by atoms with van der Waals surface area (Å²) >= 11 is 7.40. The van der Waals surface area contributed by atoms with E-state index in [4.69, 9.17) is 16.3 Å². The van der Waals surface area contributed by atoms with Gasteiger partial charge < -0.3 is 10.1 Å². The molecule has 0 atom stereocenters. The van der Waals surface area contributed by atoms with E-state index in [1.807, 2.05) is 84.3 Å². The van der Waals surface area contributed by atoms with Crippen LogP contribution < -0.4 is 10.1 Å². The largest absolute Gasteiger partial charge is 0.497 e. The lowest BCUT2D eigenvalue weighted by Gasteiger charge is -2.11. The molecule has 4 aromatic rings. The van der Waals surface area contributed by atoms with Gasteiger partial charge in [-0.3, -0.25) is 9.36 Å². The molecule has 0 saturated carbocycles. The first-order valence-corrected chi connectivity index (χ1v) is 11.2. The highest BCUT2D eigenvalue weighted by Gasteiger charge is 2.18. The maximum absolute atomic E-state index is 12.5. The molecule has 162 valence electrons. The van der Waals surface area contributed by atoms with Crippen LogP contribution in [-0.4, -0.2) is 33.5 Å². The van der Waals surface area contributed by atoms with E-state index in [1.165, 1.54) is 11.8 Å². The molecule has 1 amide bonds. The van der Waals surface area contributed by atoms with Crippen LogP contribution in [0.3, 0.4) is 0 Å². The minimum absolute atomic E-state index is 0.118. The summed E-state index contributed by atoms with van der Waals surface area (Å²) in [6.07, 6.45) is 0. The summed E-state index contributed by atoms with van der Waals surface area (Å²) in [5, 5.41) is 12.9. The number of thioether (sulfide) groups is 1.